The third kappa shape index (κ3) is 4.28. The van der Waals surface area contributed by atoms with Crippen molar-refractivity contribution in [2.24, 2.45) is 0 Å². The van der Waals surface area contributed by atoms with Crippen molar-refractivity contribution in [2.75, 3.05) is 12.3 Å². The first kappa shape index (κ1) is 14.9. The Labute approximate surface area is 110 Å². The molecule has 1 aromatic carbocycles. The first-order valence-electron chi connectivity index (χ1n) is 5.75. The third-order valence-corrected chi connectivity index (χ3v) is 3.74. The molecule has 0 bridgehead atoms. The van der Waals surface area contributed by atoms with Gasteiger partial charge in [-0.1, -0.05) is 6.92 Å². The van der Waals surface area contributed by atoms with Gasteiger partial charge >= 0.3 is 0 Å². The smallest absolute Gasteiger partial charge is 0.159 e. The van der Waals surface area contributed by atoms with Crippen molar-refractivity contribution < 1.29 is 8.78 Å². The van der Waals surface area contributed by atoms with Gasteiger partial charge in [0.05, 0.1) is 6.07 Å². The van der Waals surface area contributed by atoms with Crippen LogP contribution in [0.1, 0.15) is 20.3 Å². The fourth-order valence-corrected chi connectivity index (χ4v) is 2.29. The van der Waals surface area contributed by atoms with Crippen LogP contribution in [0, 0.1) is 23.0 Å². The molecule has 1 rings (SSSR count). The van der Waals surface area contributed by atoms with Crippen molar-refractivity contribution in [3.8, 4) is 6.07 Å². The fourth-order valence-electron chi connectivity index (χ4n) is 1.32. The molecule has 0 amide bonds. The monoisotopic (exact) mass is 270 g/mol. The summed E-state index contributed by atoms with van der Waals surface area (Å²) in [6, 6.07) is 5.97. The molecule has 0 aliphatic heterocycles. The average molecular weight is 270 g/mol. The molecule has 2 nitrogen and oxygen atoms in total. The molecule has 0 fully saturated rings. The second-order valence-electron chi connectivity index (χ2n) is 4.24. The molecule has 0 saturated carbocycles. The van der Waals surface area contributed by atoms with E-state index in [4.69, 9.17) is 5.26 Å². The van der Waals surface area contributed by atoms with Crippen molar-refractivity contribution in [2.45, 2.75) is 30.7 Å². The van der Waals surface area contributed by atoms with Gasteiger partial charge in [-0.25, -0.2) is 8.78 Å². The fraction of sp³-hybridized carbons (Fsp3) is 0.462. The number of nitriles is 1. The first-order valence-corrected chi connectivity index (χ1v) is 6.73. The maximum atomic E-state index is 13.0. The maximum absolute atomic E-state index is 13.0. The molecule has 5 heteroatoms. The van der Waals surface area contributed by atoms with E-state index in [0.717, 1.165) is 25.1 Å². The number of halogens is 2. The standard InChI is InChI=1S/C13H16F2N2S/c1-3-6-17-13(2,8-16)9-18-10-4-5-11(14)12(15)7-10/h4-5,7,17H,3,6,9H2,1-2H3. The maximum Gasteiger partial charge on any atom is 0.159 e. The highest BCUT2D eigenvalue weighted by molar-refractivity contribution is 7.99. The molecular formula is C13H16F2N2S. The van der Waals surface area contributed by atoms with Crippen molar-refractivity contribution in [3.05, 3.63) is 29.8 Å². The number of hydrogen-bond acceptors (Lipinski definition) is 3. The zero-order chi connectivity index (χ0) is 13.6. The summed E-state index contributed by atoms with van der Waals surface area (Å²) in [7, 11) is 0. The first-order chi connectivity index (χ1) is 8.50. The Kier molecular flexibility index (Phi) is 5.57. The Hall–Kier alpha value is -1.12. The molecule has 98 valence electrons. The van der Waals surface area contributed by atoms with Gasteiger partial charge in [0.15, 0.2) is 11.6 Å². The predicted octanol–water partition coefficient (Wildman–Crippen LogP) is 3.34. The summed E-state index contributed by atoms with van der Waals surface area (Å²) in [5.41, 5.74) is -0.661. The number of thioether (sulfide) groups is 1. The second-order valence-corrected chi connectivity index (χ2v) is 5.28. The molecule has 0 aliphatic rings. The van der Waals surface area contributed by atoms with Crippen LogP contribution in [0.5, 0.6) is 0 Å². The minimum absolute atomic E-state index is 0.481. The van der Waals surface area contributed by atoms with E-state index in [0.29, 0.717) is 10.6 Å². The molecule has 0 aromatic heterocycles. The van der Waals surface area contributed by atoms with Gasteiger partial charge in [-0.2, -0.15) is 5.26 Å². The van der Waals surface area contributed by atoms with Crippen molar-refractivity contribution >= 4 is 11.8 Å². The van der Waals surface area contributed by atoms with Gasteiger partial charge in [-0.05, 0) is 38.1 Å². The van der Waals surface area contributed by atoms with E-state index in [1.807, 2.05) is 6.92 Å². The highest BCUT2D eigenvalue weighted by Crippen LogP contribution is 2.24. The Balaban J connectivity index is 2.62. The van der Waals surface area contributed by atoms with Crippen molar-refractivity contribution in [1.82, 2.24) is 5.32 Å². The van der Waals surface area contributed by atoms with E-state index in [1.54, 1.807) is 6.92 Å². The van der Waals surface area contributed by atoms with Crippen LogP contribution < -0.4 is 5.32 Å². The normalized spacial score (nSPS) is 13.9. The lowest BCUT2D eigenvalue weighted by Gasteiger charge is -2.22. The molecule has 1 aromatic rings. The van der Waals surface area contributed by atoms with Crippen LogP contribution >= 0.6 is 11.8 Å². The van der Waals surface area contributed by atoms with Gasteiger partial charge in [-0.15, -0.1) is 11.8 Å². The Morgan fingerprint density at radius 3 is 2.67 bits per heavy atom. The molecule has 0 heterocycles. The summed E-state index contributed by atoms with van der Waals surface area (Å²) < 4.78 is 25.8. The predicted molar refractivity (Wildman–Crippen MR) is 69.4 cm³/mol. The molecule has 1 unspecified atom stereocenters. The summed E-state index contributed by atoms with van der Waals surface area (Å²) in [5.74, 6) is -1.24. The molecule has 1 atom stereocenters. The third-order valence-electron chi connectivity index (χ3n) is 2.43. The van der Waals surface area contributed by atoms with Crippen molar-refractivity contribution in [3.63, 3.8) is 0 Å². The molecule has 0 radical (unpaired) electrons. The summed E-state index contributed by atoms with van der Waals surface area (Å²) in [6.07, 6.45) is 0.938. The lowest BCUT2D eigenvalue weighted by Crippen LogP contribution is -2.43. The van der Waals surface area contributed by atoms with Gasteiger partial charge < -0.3 is 0 Å². The lowest BCUT2D eigenvalue weighted by molar-refractivity contribution is 0.493. The van der Waals surface area contributed by atoms with Gasteiger partial charge in [-0.3, -0.25) is 5.32 Å². The zero-order valence-corrected chi connectivity index (χ0v) is 11.3. The lowest BCUT2D eigenvalue weighted by atomic mass is 10.1. The van der Waals surface area contributed by atoms with Gasteiger partial charge in [0.1, 0.15) is 5.54 Å². The number of nitrogens with one attached hydrogen (secondary N) is 1. The number of hydrogen-bond donors (Lipinski definition) is 1. The van der Waals surface area contributed by atoms with E-state index < -0.39 is 17.2 Å². The Bertz CT molecular complexity index is 445. The largest absolute Gasteiger partial charge is 0.299 e. The molecule has 1 N–H and O–H groups in total. The molecular weight excluding hydrogens is 254 g/mol. The topological polar surface area (TPSA) is 35.8 Å². The minimum atomic E-state index is -0.861. The Morgan fingerprint density at radius 1 is 1.39 bits per heavy atom. The zero-order valence-electron chi connectivity index (χ0n) is 10.5. The van der Waals surface area contributed by atoms with Crippen LogP contribution in [-0.4, -0.2) is 17.8 Å². The SMILES string of the molecule is CCCNC(C)(C#N)CSc1ccc(F)c(F)c1. The molecule has 0 aliphatic carbocycles. The van der Waals surface area contributed by atoms with E-state index >= 15 is 0 Å². The van der Waals surface area contributed by atoms with Gasteiger partial charge in [0, 0.05) is 10.6 Å². The minimum Gasteiger partial charge on any atom is -0.299 e. The van der Waals surface area contributed by atoms with Crippen molar-refractivity contribution in [1.29, 1.82) is 5.26 Å². The quantitative estimate of drug-likeness (QED) is 0.805. The molecule has 18 heavy (non-hydrogen) atoms. The van der Waals surface area contributed by atoms with E-state index in [9.17, 15) is 8.78 Å². The van der Waals surface area contributed by atoms with Crippen LogP contribution in [-0.2, 0) is 0 Å². The Morgan fingerprint density at radius 2 is 2.11 bits per heavy atom. The summed E-state index contributed by atoms with van der Waals surface area (Å²) >= 11 is 1.33. The highest BCUT2D eigenvalue weighted by Gasteiger charge is 2.22. The van der Waals surface area contributed by atoms with Gasteiger partial charge in [0.2, 0.25) is 0 Å². The van der Waals surface area contributed by atoms with Crippen LogP contribution in [0.25, 0.3) is 0 Å². The van der Waals surface area contributed by atoms with Crippen LogP contribution in [0.15, 0.2) is 23.1 Å². The molecule has 0 saturated heterocycles. The van der Waals surface area contributed by atoms with Crippen LogP contribution in [0.4, 0.5) is 8.78 Å². The summed E-state index contributed by atoms with van der Waals surface area (Å²) in [5, 5.41) is 12.3. The average Bonchev–Trinajstić information content (AvgIpc) is 2.38. The van der Waals surface area contributed by atoms with E-state index in [-0.39, 0.29) is 0 Å². The summed E-state index contributed by atoms with van der Waals surface area (Å²) in [6.45, 7) is 4.57. The number of rotatable bonds is 6. The van der Waals surface area contributed by atoms with Crippen LogP contribution in [0.2, 0.25) is 0 Å². The second kappa shape index (κ2) is 6.72. The van der Waals surface area contributed by atoms with Crippen LogP contribution in [0.3, 0.4) is 0 Å². The van der Waals surface area contributed by atoms with E-state index in [2.05, 4.69) is 11.4 Å². The highest BCUT2D eigenvalue weighted by atomic mass is 32.2. The van der Waals surface area contributed by atoms with Gasteiger partial charge in [0.25, 0.3) is 0 Å². The van der Waals surface area contributed by atoms with E-state index in [1.165, 1.54) is 17.8 Å². The number of nitrogens with zero attached hydrogens (tertiary/aromatic N) is 1. The summed E-state index contributed by atoms with van der Waals surface area (Å²) in [4.78, 5) is 0.619. The molecule has 0 spiro atoms. The number of benzene rings is 1.